The molecule has 0 saturated heterocycles. The van der Waals surface area contributed by atoms with Crippen LogP contribution in [0, 0.1) is 0 Å². The van der Waals surface area contributed by atoms with E-state index in [1.807, 2.05) is 0 Å². The van der Waals surface area contributed by atoms with Crippen molar-refractivity contribution in [2.45, 2.75) is 0 Å². The summed E-state index contributed by atoms with van der Waals surface area (Å²) in [5, 5.41) is 0. The van der Waals surface area contributed by atoms with Crippen LogP contribution in [0.3, 0.4) is 0 Å². The van der Waals surface area contributed by atoms with Crippen LogP contribution < -0.4 is 14.7 Å². The van der Waals surface area contributed by atoms with Crippen molar-refractivity contribution in [3.63, 3.8) is 0 Å². The Hall–Kier alpha value is -2.94. The van der Waals surface area contributed by atoms with E-state index < -0.39 is 0 Å². The largest absolute Gasteiger partial charge is 0.341 e. The zero-order valence-corrected chi connectivity index (χ0v) is 14.3. The van der Waals surface area contributed by atoms with E-state index in [1.54, 1.807) is 0 Å². The lowest BCUT2D eigenvalue weighted by Crippen LogP contribution is -2.16. The number of para-hydroxylation sites is 6. The second kappa shape index (κ2) is 5.60. The van der Waals surface area contributed by atoms with Crippen LogP contribution in [0.25, 0.3) is 0 Å². The van der Waals surface area contributed by atoms with E-state index in [1.165, 1.54) is 34.1 Å². The van der Waals surface area contributed by atoms with E-state index in [-0.39, 0.29) is 0 Å². The topological polar surface area (TPSA) is 9.72 Å². The number of anilines is 6. The average Bonchev–Trinajstić information content (AvgIpc) is 2.68. The molecule has 1 aliphatic heterocycles. The van der Waals surface area contributed by atoms with Crippen LogP contribution in [0.1, 0.15) is 0 Å². The van der Waals surface area contributed by atoms with E-state index >= 15 is 0 Å². The lowest BCUT2D eigenvalue weighted by Gasteiger charge is -2.27. The molecule has 3 heteroatoms. The third-order valence-electron chi connectivity index (χ3n) is 4.81. The predicted molar refractivity (Wildman–Crippen MR) is 104 cm³/mol. The van der Waals surface area contributed by atoms with Crippen molar-refractivity contribution in [2.75, 3.05) is 35.8 Å². The molecule has 0 saturated carbocycles. The fourth-order valence-electron chi connectivity index (χ4n) is 3.48. The molecular weight excluding hydrogens is 294 g/mol. The minimum atomic E-state index is 1.19. The Morgan fingerprint density at radius 2 is 0.542 bits per heavy atom. The first-order valence-corrected chi connectivity index (χ1v) is 8.17. The summed E-state index contributed by atoms with van der Waals surface area (Å²) in [4.78, 5) is 6.80. The highest BCUT2D eigenvalue weighted by atomic mass is 15.2. The van der Waals surface area contributed by atoms with Crippen LogP contribution in [0.2, 0.25) is 0 Å². The monoisotopic (exact) mass is 315 g/mol. The summed E-state index contributed by atoms with van der Waals surface area (Å²) in [6, 6.07) is 25.6. The number of hydrogen-bond acceptors (Lipinski definition) is 3. The fraction of sp³-hybridized carbons (Fsp3) is 0.143. The van der Waals surface area contributed by atoms with Gasteiger partial charge in [0.05, 0.1) is 34.1 Å². The Balaban J connectivity index is 2.08. The highest BCUT2D eigenvalue weighted by Crippen LogP contribution is 2.46. The molecule has 3 nitrogen and oxygen atoms in total. The van der Waals surface area contributed by atoms with Crippen LogP contribution in [0.15, 0.2) is 72.8 Å². The standard InChI is InChI=1S/C21H21N3/c1-22-16-10-4-6-12-18(16)23(2)20-14-8-9-15-21(20)24(3)19-13-7-5-11-17(19)22/h4-15H,1-3H3. The Kier molecular flexibility index (Phi) is 3.42. The van der Waals surface area contributed by atoms with Crippen LogP contribution in [-0.4, -0.2) is 21.1 Å². The van der Waals surface area contributed by atoms with E-state index in [0.717, 1.165) is 0 Å². The SMILES string of the molecule is CN1c2ccccc2N(C)c2ccccc2N(C)c2ccccc21. The molecule has 1 heterocycles. The molecule has 4 rings (SSSR count). The maximum Gasteiger partial charge on any atom is 0.0649 e. The van der Waals surface area contributed by atoms with Gasteiger partial charge in [0, 0.05) is 21.1 Å². The van der Waals surface area contributed by atoms with Gasteiger partial charge in [-0.25, -0.2) is 0 Å². The highest BCUT2D eigenvalue weighted by Gasteiger charge is 2.22. The van der Waals surface area contributed by atoms with Crippen molar-refractivity contribution >= 4 is 34.1 Å². The first-order valence-electron chi connectivity index (χ1n) is 8.17. The molecule has 0 bridgehead atoms. The molecule has 0 radical (unpaired) electrons. The summed E-state index contributed by atoms with van der Waals surface area (Å²) in [7, 11) is 6.40. The first kappa shape index (κ1) is 14.6. The van der Waals surface area contributed by atoms with Crippen molar-refractivity contribution in [2.24, 2.45) is 0 Å². The van der Waals surface area contributed by atoms with Crippen molar-refractivity contribution in [3.8, 4) is 0 Å². The van der Waals surface area contributed by atoms with Gasteiger partial charge in [0.2, 0.25) is 0 Å². The van der Waals surface area contributed by atoms with Gasteiger partial charge in [0.15, 0.2) is 0 Å². The normalized spacial score (nSPS) is 13.4. The van der Waals surface area contributed by atoms with Crippen molar-refractivity contribution in [3.05, 3.63) is 72.8 Å². The molecule has 3 aromatic rings. The molecule has 0 N–H and O–H groups in total. The second-order valence-corrected chi connectivity index (χ2v) is 6.14. The number of fused-ring (bicyclic) bond motifs is 3. The van der Waals surface area contributed by atoms with Gasteiger partial charge in [-0.15, -0.1) is 0 Å². The Morgan fingerprint density at radius 1 is 0.375 bits per heavy atom. The van der Waals surface area contributed by atoms with Gasteiger partial charge in [0.25, 0.3) is 0 Å². The molecule has 0 aliphatic carbocycles. The van der Waals surface area contributed by atoms with E-state index in [4.69, 9.17) is 0 Å². The van der Waals surface area contributed by atoms with Crippen molar-refractivity contribution in [1.29, 1.82) is 0 Å². The summed E-state index contributed by atoms with van der Waals surface area (Å²) in [6.45, 7) is 0. The summed E-state index contributed by atoms with van der Waals surface area (Å²) in [5.41, 5.74) is 7.15. The molecule has 0 unspecified atom stereocenters. The second-order valence-electron chi connectivity index (χ2n) is 6.14. The van der Waals surface area contributed by atoms with Crippen LogP contribution in [0.4, 0.5) is 34.1 Å². The number of hydrogen-bond donors (Lipinski definition) is 0. The number of rotatable bonds is 0. The van der Waals surface area contributed by atoms with E-state index in [2.05, 4.69) is 109 Å². The molecular formula is C21H21N3. The Labute approximate surface area is 143 Å². The maximum absolute atomic E-state index is 2.27. The molecule has 1 aliphatic rings. The van der Waals surface area contributed by atoms with Crippen molar-refractivity contribution < 1.29 is 0 Å². The molecule has 3 aromatic carbocycles. The fourth-order valence-corrected chi connectivity index (χ4v) is 3.48. The first-order chi connectivity index (χ1) is 11.7. The zero-order valence-electron chi connectivity index (χ0n) is 14.3. The molecule has 0 spiro atoms. The summed E-state index contributed by atoms with van der Waals surface area (Å²) < 4.78 is 0. The van der Waals surface area contributed by atoms with Gasteiger partial charge in [-0.05, 0) is 36.4 Å². The molecule has 24 heavy (non-hydrogen) atoms. The summed E-state index contributed by atoms with van der Waals surface area (Å²) >= 11 is 0. The summed E-state index contributed by atoms with van der Waals surface area (Å²) in [5.74, 6) is 0. The Morgan fingerprint density at radius 3 is 0.708 bits per heavy atom. The minimum absolute atomic E-state index is 1.19. The van der Waals surface area contributed by atoms with Gasteiger partial charge >= 0.3 is 0 Å². The lowest BCUT2D eigenvalue weighted by atomic mass is 10.2. The quantitative estimate of drug-likeness (QED) is 0.557. The van der Waals surface area contributed by atoms with Gasteiger partial charge in [0.1, 0.15) is 0 Å². The minimum Gasteiger partial charge on any atom is -0.341 e. The molecule has 0 aromatic heterocycles. The summed E-state index contributed by atoms with van der Waals surface area (Å²) in [6.07, 6.45) is 0. The third-order valence-corrected chi connectivity index (χ3v) is 4.81. The van der Waals surface area contributed by atoms with Crippen molar-refractivity contribution in [1.82, 2.24) is 0 Å². The van der Waals surface area contributed by atoms with Gasteiger partial charge in [-0.2, -0.15) is 0 Å². The van der Waals surface area contributed by atoms with Gasteiger partial charge in [-0.1, -0.05) is 36.4 Å². The van der Waals surface area contributed by atoms with E-state index in [9.17, 15) is 0 Å². The lowest BCUT2D eigenvalue weighted by molar-refractivity contribution is 1.16. The van der Waals surface area contributed by atoms with Crippen LogP contribution >= 0.6 is 0 Å². The van der Waals surface area contributed by atoms with Gasteiger partial charge in [-0.3, -0.25) is 0 Å². The average molecular weight is 315 g/mol. The van der Waals surface area contributed by atoms with Gasteiger partial charge < -0.3 is 14.7 Å². The number of nitrogens with zero attached hydrogens (tertiary/aromatic N) is 3. The van der Waals surface area contributed by atoms with Crippen LogP contribution in [0.5, 0.6) is 0 Å². The molecule has 0 fully saturated rings. The highest BCUT2D eigenvalue weighted by molar-refractivity contribution is 5.92. The molecule has 0 atom stereocenters. The van der Waals surface area contributed by atoms with E-state index in [0.29, 0.717) is 0 Å². The number of benzene rings is 3. The Bertz CT molecular complexity index is 701. The smallest absolute Gasteiger partial charge is 0.0649 e. The maximum atomic E-state index is 2.27. The third kappa shape index (κ3) is 2.13. The molecule has 0 amide bonds. The van der Waals surface area contributed by atoms with Crippen LogP contribution in [-0.2, 0) is 0 Å². The molecule has 120 valence electrons. The zero-order chi connectivity index (χ0) is 16.7. The predicted octanol–water partition coefficient (Wildman–Crippen LogP) is 5.30.